The maximum absolute atomic E-state index is 10.6. The third kappa shape index (κ3) is 20.6. The Balaban J connectivity index is 0. The summed E-state index contributed by atoms with van der Waals surface area (Å²) in [5.41, 5.74) is 4.85. The predicted molar refractivity (Wildman–Crippen MR) is 86.4 cm³/mol. The minimum Gasteiger partial charge on any atom is -0.395 e. The van der Waals surface area contributed by atoms with Gasteiger partial charge in [-0.1, -0.05) is 24.6 Å². The molecule has 0 radical (unpaired) electrons. The number of amides is 1. The molecule has 0 atom stereocenters. The summed E-state index contributed by atoms with van der Waals surface area (Å²) in [6.07, 6.45) is 2.15. The second-order valence-electron chi connectivity index (χ2n) is 5.31. The number of hydrogen-bond donors (Lipinski definition) is 3. The smallest absolute Gasteiger partial charge is 0.217 e. The highest BCUT2D eigenvalue weighted by Gasteiger charge is 2.18. The molecule has 0 saturated heterocycles. The van der Waals surface area contributed by atoms with Crippen molar-refractivity contribution in [1.29, 1.82) is 0 Å². The summed E-state index contributed by atoms with van der Waals surface area (Å²) < 4.78 is 5.68. The van der Waals surface area contributed by atoms with Crippen LogP contribution >= 0.6 is 22.5 Å². The van der Waals surface area contributed by atoms with Crippen LogP contribution in [0.15, 0.2) is 0 Å². The summed E-state index contributed by atoms with van der Waals surface area (Å²) >= 11 is 3.76. The number of primary amides is 1. The van der Waals surface area contributed by atoms with Gasteiger partial charge in [0, 0.05) is 18.8 Å². The normalized spacial score (nSPS) is 11.1. The number of rotatable bonds is 9. The Bertz CT molecular complexity index is 222. The van der Waals surface area contributed by atoms with Gasteiger partial charge in [-0.2, -0.15) is 0 Å². The molecule has 116 valence electrons. The van der Waals surface area contributed by atoms with Crippen LogP contribution in [0, 0.1) is 5.92 Å². The first-order valence-corrected chi connectivity index (χ1v) is 8.58. The van der Waals surface area contributed by atoms with Gasteiger partial charge in [-0.15, -0.1) is 11.7 Å². The second-order valence-corrected chi connectivity index (χ2v) is 6.75. The van der Waals surface area contributed by atoms with Gasteiger partial charge in [-0.25, -0.2) is 0 Å². The lowest BCUT2D eigenvalue weighted by molar-refractivity contribution is -0.119. The van der Waals surface area contributed by atoms with Gasteiger partial charge < -0.3 is 15.6 Å². The lowest BCUT2D eigenvalue weighted by Crippen LogP contribution is -2.27. The van der Waals surface area contributed by atoms with Crippen LogP contribution < -0.4 is 5.73 Å². The van der Waals surface area contributed by atoms with E-state index in [0.717, 1.165) is 18.8 Å². The van der Waals surface area contributed by atoms with E-state index in [1.165, 1.54) is 10.8 Å². The fraction of sp³-hybridized carbons (Fsp3) is 0.923. The van der Waals surface area contributed by atoms with Crippen LogP contribution in [0.4, 0.5) is 0 Å². The van der Waals surface area contributed by atoms with E-state index in [4.69, 9.17) is 15.6 Å². The first-order chi connectivity index (χ1) is 8.75. The average Bonchev–Trinajstić information content (AvgIpc) is 2.28. The molecule has 0 aliphatic carbocycles. The number of aliphatic hydroxyl groups excluding tert-OH is 1. The van der Waals surface area contributed by atoms with Gasteiger partial charge in [0.2, 0.25) is 5.91 Å². The molecule has 0 fully saturated rings. The zero-order valence-electron chi connectivity index (χ0n) is 12.5. The van der Waals surface area contributed by atoms with E-state index in [-0.39, 0.29) is 18.1 Å². The van der Waals surface area contributed by atoms with E-state index in [1.54, 1.807) is 0 Å². The van der Waals surface area contributed by atoms with Crippen LogP contribution in [0.25, 0.3) is 0 Å². The van der Waals surface area contributed by atoms with Crippen molar-refractivity contribution < 1.29 is 14.6 Å². The van der Waals surface area contributed by atoms with Crippen LogP contribution in [0.2, 0.25) is 0 Å². The molecule has 0 aromatic heterocycles. The van der Waals surface area contributed by atoms with Gasteiger partial charge in [0.05, 0.1) is 12.2 Å². The second kappa shape index (κ2) is 13.1. The third-order valence-corrected chi connectivity index (χ3v) is 3.26. The number of thiol groups is 1. The Morgan fingerprint density at radius 2 is 2.05 bits per heavy atom. The molecule has 0 aliphatic heterocycles. The Morgan fingerprint density at radius 1 is 1.47 bits per heavy atom. The van der Waals surface area contributed by atoms with Gasteiger partial charge in [0.1, 0.15) is 0 Å². The first kappa shape index (κ1) is 21.4. The van der Waals surface area contributed by atoms with Gasteiger partial charge >= 0.3 is 0 Å². The summed E-state index contributed by atoms with van der Waals surface area (Å²) in [6, 6.07) is 0. The molecule has 6 heteroatoms. The maximum atomic E-state index is 10.6. The number of nitrogens with two attached hydrogens (primary N) is 1. The predicted octanol–water partition coefficient (Wildman–Crippen LogP) is 2.65. The van der Waals surface area contributed by atoms with Crippen LogP contribution in [0.3, 0.4) is 0 Å². The van der Waals surface area contributed by atoms with E-state index in [1.807, 2.05) is 13.8 Å². The van der Waals surface area contributed by atoms with Crippen molar-refractivity contribution in [2.75, 3.05) is 19.0 Å². The molecule has 0 saturated carbocycles. The van der Waals surface area contributed by atoms with Crippen molar-refractivity contribution in [3.63, 3.8) is 0 Å². The number of hydrogen-bond acceptors (Lipinski definition) is 5. The summed E-state index contributed by atoms with van der Waals surface area (Å²) in [5, 5.41) is 8.00. The number of carbonyl (C=O) groups is 1. The summed E-state index contributed by atoms with van der Waals surface area (Å²) in [7, 11) is 1.35. The molecule has 1 amide bonds. The molecule has 0 aliphatic rings. The number of aliphatic hydroxyl groups is 1. The van der Waals surface area contributed by atoms with Crippen LogP contribution in [-0.2, 0) is 9.53 Å². The molecule has 3 N–H and O–H groups in total. The zero-order chi connectivity index (χ0) is 15.3. The average molecular weight is 312 g/mol. The quantitative estimate of drug-likeness (QED) is 0.452. The SMILES string of the molecule is CC(C)CCOC(C)(C)CCC(N)=O.OCCSS. The highest BCUT2D eigenvalue weighted by atomic mass is 33.1. The van der Waals surface area contributed by atoms with Crippen molar-refractivity contribution in [2.24, 2.45) is 11.7 Å². The molecule has 0 aromatic carbocycles. The molecular weight excluding hydrogens is 282 g/mol. The Morgan fingerprint density at radius 3 is 2.37 bits per heavy atom. The topological polar surface area (TPSA) is 72.5 Å². The van der Waals surface area contributed by atoms with Crippen molar-refractivity contribution in [1.82, 2.24) is 0 Å². The first-order valence-electron chi connectivity index (χ1n) is 6.54. The molecule has 0 heterocycles. The molecular formula is C13H29NO3S2. The van der Waals surface area contributed by atoms with E-state index in [2.05, 4.69) is 25.5 Å². The van der Waals surface area contributed by atoms with E-state index in [9.17, 15) is 4.79 Å². The fourth-order valence-corrected chi connectivity index (χ4v) is 1.43. The highest BCUT2D eigenvalue weighted by Crippen LogP contribution is 2.17. The summed E-state index contributed by atoms with van der Waals surface area (Å²) in [4.78, 5) is 10.6. The Labute approximate surface area is 126 Å². The molecule has 4 nitrogen and oxygen atoms in total. The third-order valence-electron chi connectivity index (χ3n) is 2.34. The molecule has 0 aromatic rings. The molecule has 0 bridgehead atoms. The molecule has 0 spiro atoms. The van der Waals surface area contributed by atoms with Crippen molar-refractivity contribution in [3.8, 4) is 0 Å². The standard InChI is InChI=1S/C11H23NO2.C2H6OS2/c1-9(2)6-8-14-11(3,4)7-5-10(12)13;3-1-2-5-4/h9H,5-8H2,1-4H3,(H2,12,13);3-4H,1-2H2. The van der Waals surface area contributed by atoms with Crippen LogP contribution in [0.1, 0.15) is 47.0 Å². The zero-order valence-corrected chi connectivity index (χ0v) is 14.2. The van der Waals surface area contributed by atoms with Gasteiger partial charge in [-0.05, 0) is 32.6 Å². The highest BCUT2D eigenvalue weighted by molar-refractivity contribution is 8.68. The van der Waals surface area contributed by atoms with Crippen molar-refractivity contribution in [2.45, 2.75) is 52.6 Å². The lowest BCUT2D eigenvalue weighted by atomic mass is 10.0. The Hall–Kier alpha value is 0.0900. The Kier molecular flexibility index (Phi) is 14.7. The summed E-state index contributed by atoms with van der Waals surface area (Å²) in [5.74, 6) is 1.12. The van der Waals surface area contributed by atoms with Gasteiger partial charge in [-0.3, -0.25) is 4.79 Å². The van der Waals surface area contributed by atoms with E-state index >= 15 is 0 Å². The minimum absolute atomic E-state index is 0.230. The number of ether oxygens (including phenoxy) is 1. The molecule has 0 rings (SSSR count). The monoisotopic (exact) mass is 311 g/mol. The lowest BCUT2D eigenvalue weighted by Gasteiger charge is -2.25. The van der Waals surface area contributed by atoms with Crippen LogP contribution in [0.5, 0.6) is 0 Å². The molecule has 0 unspecified atom stereocenters. The van der Waals surface area contributed by atoms with Gasteiger partial charge in [0.25, 0.3) is 0 Å². The van der Waals surface area contributed by atoms with E-state index in [0.29, 0.717) is 18.8 Å². The van der Waals surface area contributed by atoms with Gasteiger partial charge in [0.15, 0.2) is 0 Å². The van der Waals surface area contributed by atoms with Crippen molar-refractivity contribution >= 4 is 28.4 Å². The van der Waals surface area contributed by atoms with Crippen LogP contribution in [-0.4, -0.2) is 35.6 Å². The largest absolute Gasteiger partial charge is 0.395 e. The maximum Gasteiger partial charge on any atom is 0.217 e. The number of carbonyl (C=O) groups excluding carboxylic acids is 1. The minimum atomic E-state index is -0.259. The summed E-state index contributed by atoms with van der Waals surface area (Å²) in [6.45, 7) is 9.31. The van der Waals surface area contributed by atoms with E-state index < -0.39 is 0 Å². The fourth-order valence-electron chi connectivity index (χ4n) is 1.11. The van der Waals surface area contributed by atoms with Crippen molar-refractivity contribution in [3.05, 3.63) is 0 Å². The molecule has 19 heavy (non-hydrogen) atoms.